The molecule has 2 N–H and O–H groups in total. The molecule has 1 aromatic rings. The molecule has 0 amide bonds. The third kappa shape index (κ3) is 4.32. The molecule has 0 aliphatic carbocycles. The summed E-state index contributed by atoms with van der Waals surface area (Å²) in [7, 11) is 0. The van der Waals surface area contributed by atoms with Crippen LogP contribution in [0.4, 0.5) is 0 Å². The lowest BCUT2D eigenvalue weighted by Gasteiger charge is -2.40. The highest BCUT2D eigenvalue weighted by atomic mass is 15.2. The van der Waals surface area contributed by atoms with E-state index < -0.39 is 0 Å². The van der Waals surface area contributed by atoms with E-state index in [0.29, 0.717) is 18.0 Å². The van der Waals surface area contributed by atoms with Crippen molar-refractivity contribution in [1.29, 1.82) is 0 Å². The van der Waals surface area contributed by atoms with Gasteiger partial charge in [-0.15, -0.1) is 0 Å². The quantitative estimate of drug-likeness (QED) is 0.811. The molecule has 114 valence electrons. The van der Waals surface area contributed by atoms with Crippen molar-refractivity contribution in [1.82, 2.24) is 4.90 Å². The molecule has 0 fully saturated rings. The first kappa shape index (κ1) is 17.2. The molecule has 1 rings (SSSR count). The Hall–Kier alpha value is -0.860. The number of hydrogen-bond donors (Lipinski definition) is 1. The van der Waals surface area contributed by atoms with Crippen molar-refractivity contribution in [2.45, 2.75) is 66.1 Å². The van der Waals surface area contributed by atoms with Gasteiger partial charge in [0.05, 0.1) is 6.04 Å². The van der Waals surface area contributed by atoms with E-state index in [1.807, 2.05) is 0 Å². The topological polar surface area (TPSA) is 29.3 Å². The van der Waals surface area contributed by atoms with Crippen LogP contribution in [0.2, 0.25) is 0 Å². The van der Waals surface area contributed by atoms with Gasteiger partial charge < -0.3 is 5.73 Å². The smallest absolute Gasteiger partial charge is 0.0504 e. The van der Waals surface area contributed by atoms with Crippen molar-refractivity contribution in [3.05, 3.63) is 35.4 Å². The number of nitrogens with two attached hydrogens (primary N) is 1. The van der Waals surface area contributed by atoms with Gasteiger partial charge in [0, 0.05) is 18.6 Å². The largest absolute Gasteiger partial charge is 0.326 e. The highest BCUT2D eigenvalue weighted by molar-refractivity contribution is 5.30. The summed E-state index contributed by atoms with van der Waals surface area (Å²) >= 11 is 0. The molecule has 0 bridgehead atoms. The monoisotopic (exact) mass is 276 g/mol. The van der Waals surface area contributed by atoms with Gasteiger partial charge in [-0.1, -0.05) is 45.0 Å². The second-order valence-electron chi connectivity index (χ2n) is 6.56. The van der Waals surface area contributed by atoms with Crippen LogP contribution in [0.1, 0.15) is 58.2 Å². The lowest BCUT2D eigenvalue weighted by atomic mass is 9.91. The van der Waals surface area contributed by atoms with Crippen molar-refractivity contribution in [2.75, 3.05) is 6.54 Å². The first-order valence-electron chi connectivity index (χ1n) is 7.95. The van der Waals surface area contributed by atoms with Gasteiger partial charge in [-0.3, -0.25) is 4.90 Å². The summed E-state index contributed by atoms with van der Waals surface area (Å²) in [5.41, 5.74) is 9.22. The van der Waals surface area contributed by atoms with Crippen molar-refractivity contribution < 1.29 is 0 Å². The van der Waals surface area contributed by atoms with Gasteiger partial charge in [-0.05, 0) is 44.2 Å². The van der Waals surface area contributed by atoms with Crippen LogP contribution in [0.15, 0.2) is 24.3 Å². The van der Waals surface area contributed by atoms with Gasteiger partial charge in [-0.25, -0.2) is 0 Å². The lowest BCUT2D eigenvalue weighted by molar-refractivity contribution is 0.113. The van der Waals surface area contributed by atoms with Gasteiger partial charge in [0.25, 0.3) is 0 Å². The summed E-state index contributed by atoms with van der Waals surface area (Å²) in [5, 5.41) is 0. The predicted molar refractivity (Wildman–Crippen MR) is 88.9 cm³/mol. The SMILES string of the molecule is CCC(N)C(c1ccccc1C)N(CC(C)C)C(C)C. The van der Waals surface area contributed by atoms with Crippen LogP contribution >= 0.6 is 0 Å². The van der Waals surface area contributed by atoms with E-state index in [9.17, 15) is 0 Å². The van der Waals surface area contributed by atoms with Crippen LogP contribution < -0.4 is 5.73 Å². The molecular weight excluding hydrogens is 244 g/mol. The van der Waals surface area contributed by atoms with Crippen molar-refractivity contribution >= 4 is 0 Å². The van der Waals surface area contributed by atoms with Gasteiger partial charge in [0.1, 0.15) is 0 Å². The van der Waals surface area contributed by atoms with Crippen molar-refractivity contribution in [2.24, 2.45) is 11.7 Å². The standard InChI is InChI=1S/C18H32N2/c1-7-17(19)18(16-11-9-8-10-15(16)6)20(14(4)5)12-13(2)3/h8-11,13-14,17-18H,7,12,19H2,1-6H3. The molecule has 0 spiro atoms. The predicted octanol–water partition coefficient (Wildman–Crippen LogP) is 4.14. The maximum absolute atomic E-state index is 6.49. The zero-order valence-electron chi connectivity index (χ0n) is 14.1. The molecule has 2 unspecified atom stereocenters. The Morgan fingerprint density at radius 2 is 1.70 bits per heavy atom. The molecule has 2 atom stereocenters. The van der Waals surface area contributed by atoms with Gasteiger partial charge in [-0.2, -0.15) is 0 Å². The van der Waals surface area contributed by atoms with Crippen LogP contribution in [0.5, 0.6) is 0 Å². The second-order valence-corrected chi connectivity index (χ2v) is 6.56. The fourth-order valence-corrected chi connectivity index (χ4v) is 2.86. The summed E-state index contributed by atoms with van der Waals surface area (Å²) < 4.78 is 0. The minimum absolute atomic E-state index is 0.178. The minimum atomic E-state index is 0.178. The number of nitrogens with zero attached hydrogens (tertiary/aromatic N) is 1. The molecule has 0 aliphatic heterocycles. The molecule has 0 saturated carbocycles. The fraction of sp³-hybridized carbons (Fsp3) is 0.667. The molecule has 2 heteroatoms. The van der Waals surface area contributed by atoms with Crippen LogP contribution in [0.25, 0.3) is 0 Å². The van der Waals surface area contributed by atoms with Crippen LogP contribution in [-0.2, 0) is 0 Å². The normalized spacial score (nSPS) is 15.1. The highest BCUT2D eigenvalue weighted by Crippen LogP contribution is 2.30. The molecule has 0 aliphatic rings. The average Bonchev–Trinajstić information content (AvgIpc) is 2.39. The van der Waals surface area contributed by atoms with Gasteiger partial charge in [0.15, 0.2) is 0 Å². The fourth-order valence-electron chi connectivity index (χ4n) is 2.86. The zero-order valence-corrected chi connectivity index (χ0v) is 14.1. The number of benzene rings is 1. The second kappa shape index (κ2) is 7.80. The van der Waals surface area contributed by atoms with E-state index in [2.05, 4.69) is 70.7 Å². The highest BCUT2D eigenvalue weighted by Gasteiger charge is 2.28. The van der Waals surface area contributed by atoms with Gasteiger partial charge >= 0.3 is 0 Å². The summed E-state index contributed by atoms with van der Waals surface area (Å²) in [6.07, 6.45) is 1.00. The first-order valence-corrected chi connectivity index (χ1v) is 7.95. The van der Waals surface area contributed by atoms with E-state index in [1.54, 1.807) is 0 Å². The van der Waals surface area contributed by atoms with E-state index in [0.717, 1.165) is 13.0 Å². The Morgan fingerprint density at radius 3 is 2.15 bits per heavy atom. The third-order valence-corrected chi connectivity index (χ3v) is 3.98. The van der Waals surface area contributed by atoms with Crippen LogP contribution in [0, 0.1) is 12.8 Å². The number of rotatable bonds is 7. The molecule has 20 heavy (non-hydrogen) atoms. The molecule has 0 radical (unpaired) electrons. The van der Waals surface area contributed by atoms with Crippen molar-refractivity contribution in [3.8, 4) is 0 Å². The lowest BCUT2D eigenvalue weighted by Crippen LogP contribution is -2.46. The summed E-state index contributed by atoms with van der Waals surface area (Å²) in [4.78, 5) is 2.57. The Balaban J connectivity index is 3.19. The van der Waals surface area contributed by atoms with E-state index in [-0.39, 0.29) is 6.04 Å². The molecule has 0 saturated heterocycles. The van der Waals surface area contributed by atoms with Crippen molar-refractivity contribution in [3.63, 3.8) is 0 Å². The Bertz CT molecular complexity index is 398. The maximum Gasteiger partial charge on any atom is 0.0504 e. The van der Waals surface area contributed by atoms with Crippen LogP contribution in [0.3, 0.4) is 0 Å². The minimum Gasteiger partial charge on any atom is -0.326 e. The molecule has 1 aromatic carbocycles. The Labute approximate surface area is 125 Å². The Morgan fingerprint density at radius 1 is 1.10 bits per heavy atom. The molecule has 0 heterocycles. The van der Waals surface area contributed by atoms with E-state index in [4.69, 9.17) is 5.73 Å². The third-order valence-electron chi connectivity index (χ3n) is 3.98. The molecular formula is C18H32N2. The summed E-state index contributed by atoms with van der Waals surface area (Å²) in [6, 6.07) is 9.66. The Kier molecular flexibility index (Phi) is 6.70. The average molecular weight is 276 g/mol. The maximum atomic E-state index is 6.49. The molecule has 2 nitrogen and oxygen atoms in total. The number of hydrogen-bond acceptors (Lipinski definition) is 2. The number of aryl methyl sites for hydroxylation is 1. The van der Waals surface area contributed by atoms with E-state index in [1.165, 1.54) is 11.1 Å². The summed E-state index contributed by atoms with van der Waals surface area (Å²) in [5.74, 6) is 0.646. The molecule has 0 aromatic heterocycles. The van der Waals surface area contributed by atoms with Gasteiger partial charge in [0.2, 0.25) is 0 Å². The first-order chi connectivity index (χ1) is 9.38. The van der Waals surface area contributed by atoms with Crippen LogP contribution in [-0.4, -0.2) is 23.5 Å². The zero-order chi connectivity index (χ0) is 15.3. The van der Waals surface area contributed by atoms with E-state index >= 15 is 0 Å². The summed E-state index contributed by atoms with van der Waals surface area (Å²) in [6.45, 7) is 14.6.